The molecule has 0 bridgehead atoms. The summed E-state index contributed by atoms with van der Waals surface area (Å²) in [5, 5.41) is 0. The Kier molecular flexibility index (Phi) is 4.10. The van der Waals surface area contributed by atoms with Gasteiger partial charge in [-0.05, 0) is 37.3 Å². The van der Waals surface area contributed by atoms with E-state index in [0.29, 0.717) is 29.2 Å². The molecule has 0 saturated heterocycles. The molecule has 0 atom stereocenters. The number of esters is 1. The summed E-state index contributed by atoms with van der Waals surface area (Å²) < 4.78 is 10.8. The van der Waals surface area contributed by atoms with Gasteiger partial charge >= 0.3 is 5.97 Å². The largest absolute Gasteiger partial charge is 0.461 e. The van der Waals surface area contributed by atoms with Gasteiger partial charge in [0.25, 0.3) is 0 Å². The van der Waals surface area contributed by atoms with Crippen LogP contribution in [-0.2, 0) is 4.74 Å². The summed E-state index contributed by atoms with van der Waals surface area (Å²) in [6.07, 6.45) is 6.49. The van der Waals surface area contributed by atoms with E-state index in [4.69, 9.17) is 9.15 Å². The molecule has 3 heterocycles. The molecule has 26 heavy (non-hydrogen) atoms. The fourth-order valence-corrected chi connectivity index (χ4v) is 2.54. The average Bonchev–Trinajstić information content (AvgIpc) is 3.12. The molecule has 0 saturated carbocycles. The molecule has 0 N–H and O–H groups in total. The highest BCUT2D eigenvalue weighted by atomic mass is 16.5. The first-order valence-corrected chi connectivity index (χ1v) is 8.05. The predicted molar refractivity (Wildman–Crippen MR) is 94.2 cm³/mol. The van der Waals surface area contributed by atoms with Crippen molar-refractivity contribution in [3.05, 3.63) is 60.8 Å². The number of ether oxygens (including phenoxy) is 1. The number of carbonyl (C=O) groups excluding carboxylic acids is 1. The van der Waals surface area contributed by atoms with Crippen LogP contribution < -0.4 is 0 Å². The molecule has 0 aliphatic heterocycles. The standard InChI is InChI=1S/C19H14N4O3/c1-2-25-19(24)15-10-13(5-6-21-15)18-23-14-9-12(3-4-17(14)26-18)16-11-20-7-8-22-16/h3-11H,2H2,1H3. The second kappa shape index (κ2) is 6.72. The third kappa shape index (κ3) is 3.02. The Morgan fingerprint density at radius 1 is 1.08 bits per heavy atom. The minimum absolute atomic E-state index is 0.215. The molecule has 7 heteroatoms. The molecule has 0 aliphatic carbocycles. The summed E-state index contributed by atoms with van der Waals surface area (Å²) in [6, 6.07) is 8.96. The minimum Gasteiger partial charge on any atom is -0.461 e. The zero-order chi connectivity index (χ0) is 17.9. The first-order chi connectivity index (χ1) is 12.7. The number of oxazole rings is 1. The number of pyridine rings is 1. The maximum absolute atomic E-state index is 11.9. The predicted octanol–water partition coefficient (Wildman–Crippen LogP) is 3.52. The number of hydrogen-bond acceptors (Lipinski definition) is 7. The van der Waals surface area contributed by atoms with E-state index in [-0.39, 0.29) is 5.69 Å². The van der Waals surface area contributed by atoms with Gasteiger partial charge in [-0.25, -0.2) is 14.8 Å². The lowest BCUT2D eigenvalue weighted by molar-refractivity contribution is 0.0519. The van der Waals surface area contributed by atoms with Crippen LogP contribution in [-0.4, -0.2) is 32.5 Å². The van der Waals surface area contributed by atoms with Crippen molar-refractivity contribution in [3.63, 3.8) is 0 Å². The number of carbonyl (C=O) groups is 1. The highest BCUT2D eigenvalue weighted by Crippen LogP contribution is 2.27. The molecule has 3 aromatic heterocycles. The van der Waals surface area contributed by atoms with Crippen LogP contribution in [0.15, 0.2) is 59.5 Å². The number of benzene rings is 1. The molecule has 4 aromatic rings. The first-order valence-electron chi connectivity index (χ1n) is 8.05. The zero-order valence-electron chi connectivity index (χ0n) is 13.9. The monoisotopic (exact) mass is 346 g/mol. The smallest absolute Gasteiger partial charge is 0.356 e. The molecule has 0 amide bonds. The van der Waals surface area contributed by atoms with E-state index in [1.165, 1.54) is 6.20 Å². The molecule has 0 fully saturated rings. The summed E-state index contributed by atoms with van der Waals surface area (Å²) >= 11 is 0. The fourth-order valence-electron chi connectivity index (χ4n) is 2.54. The summed E-state index contributed by atoms with van der Waals surface area (Å²) in [5.74, 6) is -0.0698. The molecule has 0 spiro atoms. The summed E-state index contributed by atoms with van der Waals surface area (Å²) in [5.41, 5.74) is 3.85. The summed E-state index contributed by atoms with van der Waals surface area (Å²) in [4.78, 5) is 28.8. The van der Waals surface area contributed by atoms with E-state index in [9.17, 15) is 4.79 Å². The normalized spacial score (nSPS) is 10.8. The van der Waals surface area contributed by atoms with E-state index < -0.39 is 5.97 Å². The second-order valence-corrected chi connectivity index (χ2v) is 5.44. The van der Waals surface area contributed by atoms with Gasteiger partial charge in [-0.15, -0.1) is 0 Å². The first kappa shape index (κ1) is 15.9. The van der Waals surface area contributed by atoms with Gasteiger partial charge in [-0.1, -0.05) is 0 Å². The lowest BCUT2D eigenvalue weighted by Gasteiger charge is -2.01. The van der Waals surface area contributed by atoms with Crippen LogP contribution in [0.25, 0.3) is 33.8 Å². The van der Waals surface area contributed by atoms with Crippen LogP contribution >= 0.6 is 0 Å². The van der Waals surface area contributed by atoms with Crippen molar-refractivity contribution < 1.29 is 13.9 Å². The van der Waals surface area contributed by atoms with Gasteiger partial charge in [0.2, 0.25) is 5.89 Å². The van der Waals surface area contributed by atoms with E-state index in [0.717, 1.165) is 11.3 Å². The Morgan fingerprint density at radius 3 is 2.81 bits per heavy atom. The van der Waals surface area contributed by atoms with Gasteiger partial charge in [-0.3, -0.25) is 9.97 Å². The van der Waals surface area contributed by atoms with Crippen molar-refractivity contribution in [1.29, 1.82) is 0 Å². The van der Waals surface area contributed by atoms with Crippen molar-refractivity contribution in [3.8, 4) is 22.7 Å². The third-order valence-corrected chi connectivity index (χ3v) is 3.74. The zero-order valence-corrected chi connectivity index (χ0v) is 13.9. The van der Waals surface area contributed by atoms with Gasteiger partial charge in [0.05, 0.1) is 18.5 Å². The van der Waals surface area contributed by atoms with Crippen molar-refractivity contribution in [2.45, 2.75) is 6.92 Å². The van der Waals surface area contributed by atoms with Crippen molar-refractivity contribution in [1.82, 2.24) is 19.9 Å². The molecule has 0 unspecified atom stereocenters. The molecule has 128 valence electrons. The van der Waals surface area contributed by atoms with Crippen LogP contribution in [0.4, 0.5) is 0 Å². The van der Waals surface area contributed by atoms with Gasteiger partial charge in [-0.2, -0.15) is 0 Å². The van der Waals surface area contributed by atoms with Crippen molar-refractivity contribution in [2.75, 3.05) is 6.61 Å². The van der Waals surface area contributed by atoms with Crippen LogP contribution in [0.3, 0.4) is 0 Å². The number of rotatable bonds is 4. The molecule has 0 aliphatic rings. The molecule has 4 rings (SSSR count). The van der Waals surface area contributed by atoms with Crippen LogP contribution in [0.2, 0.25) is 0 Å². The molecule has 0 radical (unpaired) electrons. The second-order valence-electron chi connectivity index (χ2n) is 5.44. The molecular weight excluding hydrogens is 332 g/mol. The molecule has 1 aromatic carbocycles. The minimum atomic E-state index is -0.476. The number of nitrogens with zero attached hydrogens (tertiary/aromatic N) is 4. The van der Waals surface area contributed by atoms with Crippen LogP contribution in [0, 0.1) is 0 Å². The van der Waals surface area contributed by atoms with E-state index >= 15 is 0 Å². The number of hydrogen-bond donors (Lipinski definition) is 0. The van der Waals surface area contributed by atoms with E-state index in [1.807, 2.05) is 18.2 Å². The number of aromatic nitrogens is 4. The van der Waals surface area contributed by atoms with Crippen LogP contribution in [0.5, 0.6) is 0 Å². The van der Waals surface area contributed by atoms with Crippen molar-refractivity contribution in [2.24, 2.45) is 0 Å². The highest BCUT2D eigenvalue weighted by Gasteiger charge is 2.14. The summed E-state index contributed by atoms with van der Waals surface area (Å²) in [7, 11) is 0. The topological polar surface area (TPSA) is 91.0 Å². The van der Waals surface area contributed by atoms with Gasteiger partial charge in [0.15, 0.2) is 5.58 Å². The SMILES string of the molecule is CCOC(=O)c1cc(-c2nc3cc(-c4cnccn4)ccc3o2)ccn1. The molecule has 7 nitrogen and oxygen atoms in total. The highest BCUT2D eigenvalue weighted by molar-refractivity contribution is 5.89. The Balaban J connectivity index is 1.72. The Labute approximate surface area is 148 Å². The van der Waals surface area contributed by atoms with Gasteiger partial charge in [0, 0.05) is 29.7 Å². The fraction of sp³-hybridized carbons (Fsp3) is 0.105. The van der Waals surface area contributed by atoms with Gasteiger partial charge < -0.3 is 9.15 Å². The summed E-state index contributed by atoms with van der Waals surface area (Å²) in [6.45, 7) is 2.04. The lowest BCUT2D eigenvalue weighted by atomic mass is 10.1. The lowest BCUT2D eigenvalue weighted by Crippen LogP contribution is -2.06. The van der Waals surface area contributed by atoms with Crippen LogP contribution in [0.1, 0.15) is 17.4 Å². The Morgan fingerprint density at radius 2 is 2.00 bits per heavy atom. The number of fused-ring (bicyclic) bond motifs is 1. The van der Waals surface area contributed by atoms with Gasteiger partial charge in [0.1, 0.15) is 11.2 Å². The molecular formula is C19H14N4O3. The maximum atomic E-state index is 11.9. The average molecular weight is 346 g/mol. The quantitative estimate of drug-likeness (QED) is 0.522. The van der Waals surface area contributed by atoms with Crippen molar-refractivity contribution >= 4 is 17.1 Å². The third-order valence-electron chi connectivity index (χ3n) is 3.74. The van der Waals surface area contributed by atoms with E-state index in [2.05, 4.69) is 19.9 Å². The van der Waals surface area contributed by atoms with E-state index in [1.54, 1.807) is 37.6 Å². The maximum Gasteiger partial charge on any atom is 0.356 e. The Hall–Kier alpha value is -3.61. The Bertz CT molecular complexity index is 1080.